The van der Waals surface area contributed by atoms with Crippen molar-refractivity contribution in [2.24, 2.45) is 4.99 Å². The molecule has 0 spiro atoms. The molecule has 1 unspecified atom stereocenters. The lowest BCUT2D eigenvalue weighted by molar-refractivity contribution is -0.132. The maximum atomic E-state index is 12.4. The number of guanidine groups is 1. The van der Waals surface area contributed by atoms with Crippen molar-refractivity contribution in [1.82, 2.24) is 15.5 Å². The molecule has 0 bridgehead atoms. The number of rotatable bonds is 6. The fourth-order valence-electron chi connectivity index (χ4n) is 3.20. The quantitative estimate of drug-likeness (QED) is 0.545. The average molecular weight is 421 g/mol. The Kier molecular flexibility index (Phi) is 7.97. The van der Waals surface area contributed by atoms with Crippen LogP contribution in [-0.4, -0.2) is 62.5 Å². The van der Waals surface area contributed by atoms with Gasteiger partial charge in [-0.2, -0.15) is 13.2 Å². The zero-order chi connectivity index (χ0) is 20.8. The first-order valence-electron chi connectivity index (χ1n) is 9.24. The Balaban J connectivity index is 2.05. The fourth-order valence-corrected chi connectivity index (χ4v) is 3.32. The van der Waals surface area contributed by atoms with Gasteiger partial charge in [0.1, 0.15) is 0 Å². The molecule has 1 aliphatic rings. The number of nitrogens with one attached hydrogen (secondary N) is 2. The van der Waals surface area contributed by atoms with E-state index < -0.39 is 12.6 Å². The Labute approximate surface area is 169 Å². The van der Waals surface area contributed by atoms with Crippen LogP contribution >= 0.6 is 11.6 Å². The van der Waals surface area contributed by atoms with Gasteiger partial charge < -0.3 is 15.4 Å². The highest BCUT2D eigenvalue weighted by molar-refractivity contribution is 6.30. The third kappa shape index (κ3) is 7.48. The van der Waals surface area contributed by atoms with E-state index in [0.29, 0.717) is 24.1 Å². The fraction of sp³-hybridized carbons (Fsp3) is 0.632. The van der Waals surface area contributed by atoms with E-state index in [1.807, 2.05) is 38.1 Å². The normalized spacial score (nSPS) is 19.3. The Bertz CT molecular complexity index is 650. The molecule has 0 aliphatic carbocycles. The summed E-state index contributed by atoms with van der Waals surface area (Å²) in [5, 5.41) is 6.52. The molecule has 1 fully saturated rings. The lowest BCUT2D eigenvalue weighted by atomic mass is 10.0. The molecule has 1 atom stereocenters. The van der Waals surface area contributed by atoms with E-state index in [9.17, 15) is 13.2 Å². The number of ether oxygens (including phenoxy) is 1. The van der Waals surface area contributed by atoms with Crippen LogP contribution in [0.3, 0.4) is 0 Å². The molecule has 0 radical (unpaired) electrons. The van der Waals surface area contributed by atoms with Crippen molar-refractivity contribution >= 4 is 17.6 Å². The van der Waals surface area contributed by atoms with Crippen molar-refractivity contribution in [1.29, 1.82) is 0 Å². The number of hydrogen-bond acceptors (Lipinski definition) is 3. The van der Waals surface area contributed by atoms with Crippen LogP contribution in [0.4, 0.5) is 13.2 Å². The SMILES string of the molecule is CN=C(NCCC(F)(F)F)NCC(c1ccc(Cl)cc1)N1CCOC(C)(C)C1. The number of morpholine rings is 1. The van der Waals surface area contributed by atoms with Gasteiger partial charge in [0.25, 0.3) is 0 Å². The molecule has 9 heteroatoms. The highest BCUT2D eigenvalue weighted by atomic mass is 35.5. The molecule has 0 aromatic heterocycles. The summed E-state index contributed by atoms with van der Waals surface area (Å²) in [7, 11) is 1.54. The molecular weight excluding hydrogens is 393 g/mol. The van der Waals surface area contributed by atoms with Gasteiger partial charge in [-0.25, -0.2) is 0 Å². The largest absolute Gasteiger partial charge is 0.390 e. The molecule has 1 saturated heterocycles. The van der Waals surface area contributed by atoms with E-state index >= 15 is 0 Å². The lowest BCUT2D eigenvalue weighted by Crippen LogP contribution is -2.52. The summed E-state index contributed by atoms with van der Waals surface area (Å²) >= 11 is 6.02. The number of alkyl halides is 3. The average Bonchev–Trinajstić information content (AvgIpc) is 2.60. The maximum Gasteiger partial charge on any atom is 0.390 e. The molecular formula is C19H28ClF3N4O. The summed E-state index contributed by atoms with van der Waals surface area (Å²) in [6, 6.07) is 7.62. The summed E-state index contributed by atoms with van der Waals surface area (Å²) in [4.78, 5) is 6.33. The van der Waals surface area contributed by atoms with Crippen LogP contribution in [0.5, 0.6) is 0 Å². The summed E-state index contributed by atoms with van der Waals surface area (Å²) in [6.45, 7) is 6.48. The van der Waals surface area contributed by atoms with Gasteiger partial charge in [0.05, 0.1) is 24.7 Å². The van der Waals surface area contributed by atoms with Crippen LogP contribution in [0.15, 0.2) is 29.3 Å². The second kappa shape index (κ2) is 9.80. The van der Waals surface area contributed by atoms with Gasteiger partial charge in [-0.15, -0.1) is 0 Å². The van der Waals surface area contributed by atoms with Gasteiger partial charge >= 0.3 is 6.18 Å². The number of benzene rings is 1. The van der Waals surface area contributed by atoms with E-state index in [2.05, 4.69) is 20.5 Å². The molecule has 5 nitrogen and oxygen atoms in total. The highest BCUT2D eigenvalue weighted by Gasteiger charge is 2.32. The smallest absolute Gasteiger partial charge is 0.373 e. The second-order valence-corrected chi connectivity index (χ2v) is 7.83. The number of nitrogens with zero attached hydrogens (tertiary/aromatic N) is 2. The predicted octanol–water partition coefficient (Wildman–Crippen LogP) is 3.61. The van der Waals surface area contributed by atoms with Crippen LogP contribution in [0.2, 0.25) is 5.02 Å². The van der Waals surface area contributed by atoms with Crippen LogP contribution < -0.4 is 10.6 Å². The standard InChI is InChI=1S/C19H28ClF3N4O/c1-18(2)13-27(10-11-28-18)16(14-4-6-15(20)7-5-14)12-26-17(24-3)25-9-8-19(21,22)23/h4-7,16H,8-13H2,1-3H3,(H2,24,25,26). The third-order valence-electron chi connectivity index (χ3n) is 4.54. The van der Waals surface area contributed by atoms with Crippen LogP contribution in [0, 0.1) is 0 Å². The molecule has 2 rings (SSSR count). The molecule has 1 heterocycles. The van der Waals surface area contributed by atoms with Crippen LogP contribution in [0.25, 0.3) is 0 Å². The van der Waals surface area contributed by atoms with Crippen LogP contribution in [0.1, 0.15) is 31.9 Å². The summed E-state index contributed by atoms with van der Waals surface area (Å²) < 4.78 is 42.9. The number of halogens is 4. The Hall–Kier alpha value is -1.51. The predicted molar refractivity (Wildman–Crippen MR) is 106 cm³/mol. The van der Waals surface area contributed by atoms with Crippen molar-refractivity contribution in [3.05, 3.63) is 34.9 Å². The van der Waals surface area contributed by atoms with Gasteiger partial charge in [0, 0.05) is 38.2 Å². The second-order valence-electron chi connectivity index (χ2n) is 7.39. The van der Waals surface area contributed by atoms with Crippen molar-refractivity contribution < 1.29 is 17.9 Å². The van der Waals surface area contributed by atoms with Gasteiger partial charge in [0.15, 0.2) is 5.96 Å². The summed E-state index contributed by atoms with van der Waals surface area (Å²) in [6.07, 6.45) is -5.11. The molecule has 1 aliphatic heterocycles. The van der Waals surface area contributed by atoms with E-state index in [1.165, 1.54) is 7.05 Å². The third-order valence-corrected chi connectivity index (χ3v) is 4.79. The monoisotopic (exact) mass is 420 g/mol. The Morgan fingerprint density at radius 1 is 1.29 bits per heavy atom. The Morgan fingerprint density at radius 2 is 1.96 bits per heavy atom. The first kappa shape index (κ1) is 22.8. The minimum atomic E-state index is -4.20. The van der Waals surface area contributed by atoms with E-state index in [4.69, 9.17) is 16.3 Å². The van der Waals surface area contributed by atoms with Crippen molar-refractivity contribution in [2.45, 2.75) is 38.1 Å². The molecule has 2 N–H and O–H groups in total. The number of hydrogen-bond donors (Lipinski definition) is 2. The molecule has 28 heavy (non-hydrogen) atoms. The first-order chi connectivity index (χ1) is 13.1. The molecule has 158 valence electrons. The van der Waals surface area contributed by atoms with Gasteiger partial charge in [-0.3, -0.25) is 9.89 Å². The van der Waals surface area contributed by atoms with Crippen LogP contribution in [-0.2, 0) is 4.74 Å². The Morgan fingerprint density at radius 3 is 2.54 bits per heavy atom. The summed E-state index contributed by atoms with van der Waals surface area (Å²) in [5.41, 5.74) is 0.801. The minimum Gasteiger partial charge on any atom is -0.373 e. The summed E-state index contributed by atoms with van der Waals surface area (Å²) in [5.74, 6) is 0.343. The number of aliphatic imine (C=N–C) groups is 1. The zero-order valence-electron chi connectivity index (χ0n) is 16.4. The van der Waals surface area contributed by atoms with Crippen molar-refractivity contribution in [2.75, 3.05) is 39.8 Å². The van der Waals surface area contributed by atoms with E-state index in [-0.39, 0.29) is 18.2 Å². The zero-order valence-corrected chi connectivity index (χ0v) is 17.2. The van der Waals surface area contributed by atoms with Gasteiger partial charge in [-0.05, 0) is 31.5 Å². The molecule has 1 aromatic rings. The van der Waals surface area contributed by atoms with Gasteiger partial charge in [0.2, 0.25) is 0 Å². The highest BCUT2D eigenvalue weighted by Crippen LogP contribution is 2.27. The van der Waals surface area contributed by atoms with E-state index in [0.717, 1.165) is 18.7 Å². The molecule has 0 amide bonds. The molecule has 0 saturated carbocycles. The van der Waals surface area contributed by atoms with E-state index in [1.54, 1.807) is 0 Å². The lowest BCUT2D eigenvalue weighted by Gasteiger charge is -2.42. The molecule has 1 aromatic carbocycles. The minimum absolute atomic E-state index is 0.00149. The topological polar surface area (TPSA) is 48.9 Å². The van der Waals surface area contributed by atoms with Gasteiger partial charge in [-0.1, -0.05) is 23.7 Å². The van der Waals surface area contributed by atoms with Crippen molar-refractivity contribution in [3.8, 4) is 0 Å². The maximum absolute atomic E-state index is 12.4. The van der Waals surface area contributed by atoms with Crippen molar-refractivity contribution in [3.63, 3.8) is 0 Å². The first-order valence-corrected chi connectivity index (χ1v) is 9.62.